The highest BCUT2D eigenvalue weighted by Gasteiger charge is 2.17. The molecule has 0 saturated carbocycles. The molecule has 2 aromatic carbocycles. The molecular formula is C18H20O3. The van der Waals surface area contributed by atoms with E-state index in [9.17, 15) is 15.3 Å². The topological polar surface area (TPSA) is 60.7 Å². The summed E-state index contributed by atoms with van der Waals surface area (Å²) in [4.78, 5) is 0. The highest BCUT2D eigenvalue weighted by molar-refractivity contribution is 5.71. The Hall–Kier alpha value is -2.42. The normalized spacial score (nSPS) is 12.0. The van der Waals surface area contributed by atoms with Crippen molar-refractivity contribution in [3.8, 4) is 17.2 Å². The Morgan fingerprint density at radius 1 is 0.762 bits per heavy atom. The van der Waals surface area contributed by atoms with E-state index in [1.807, 2.05) is 39.0 Å². The van der Waals surface area contributed by atoms with Gasteiger partial charge >= 0.3 is 0 Å². The molecule has 0 amide bonds. The lowest BCUT2D eigenvalue weighted by Crippen LogP contribution is -2.11. The van der Waals surface area contributed by atoms with Gasteiger partial charge in [0.25, 0.3) is 0 Å². The predicted molar refractivity (Wildman–Crippen MR) is 85.5 cm³/mol. The van der Waals surface area contributed by atoms with Crippen molar-refractivity contribution in [3.63, 3.8) is 0 Å². The van der Waals surface area contributed by atoms with Crippen LogP contribution >= 0.6 is 0 Å². The Morgan fingerprint density at radius 3 is 1.86 bits per heavy atom. The second-order valence-corrected chi connectivity index (χ2v) is 6.14. The zero-order valence-electron chi connectivity index (χ0n) is 12.5. The molecule has 0 aliphatic carbocycles. The third-order valence-electron chi connectivity index (χ3n) is 3.22. The molecule has 0 radical (unpaired) electrons. The van der Waals surface area contributed by atoms with Crippen molar-refractivity contribution in [2.45, 2.75) is 26.2 Å². The van der Waals surface area contributed by atoms with E-state index in [4.69, 9.17) is 0 Å². The van der Waals surface area contributed by atoms with Gasteiger partial charge in [-0.25, -0.2) is 0 Å². The molecule has 0 heterocycles. The molecule has 0 saturated heterocycles. The highest BCUT2D eigenvalue weighted by atomic mass is 16.3. The maximum absolute atomic E-state index is 10.1. The van der Waals surface area contributed by atoms with Gasteiger partial charge in [0.2, 0.25) is 0 Å². The second kappa shape index (κ2) is 5.52. The maximum atomic E-state index is 10.1. The van der Waals surface area contributed by atoms with Gasteiger partial charge in [0.1, 0.15) is 17.2 Å². The lowest BCUT2D eigenvalue weighted by Gasteiger charge is -2.20. The van der Waals surface area contributed by atoms with Gasteiger partial charge in [-0.1, -0.05) is 45.1 Å². The van der Waals surface area contributed by atoms with E-state index < -0.39 is 0 Å². The molecule has 0 aliphatic heterocycles. The molecule has 3 N–H and O–H groups in total. The first-order chi connectivity index (χ1) is 9.75. The number of hydrogen-bond donors (Lipinski definition) is 3. The van der Waals surface area contributed by atoms with Crippen molar-refractivity contribution in [2.24, 2.45) is 0 Å². The third kappa shape index (κ3) is 3.78. The fourth-order valence-electron chi connectivity index (χ4n) is 2.19. The summed E-state index contributed by atoms with van der Waals surface area (Å²) in [5, 5.41) is 29.0. The van der Waals surface area contributed by atoms with Crippen LogP contribution in [0, 0.1) is 0 Å². The monoisotopic (exact) mass is 284 g/mol. The van der Waals surface area contributed by atoms with E-state index in [0.717, 1.165) is 11.1 Å². The summed E-state index contributed by atoms with van der Waals surface area (Å²) in [7, 11) is 0. The van der Waals surface area contributed by atoms with Crippen LogP contribution in [0.2, 0.25) is 0 Å². The maximum Gasteiger partial charge on any atom is 0.119 e. The molecule has 0 aromatic heterocycles. The number of rotatable bonds is 2. The fourth-order valence-corrected chi connectivity index (χ4v) is 2.19. The minimum absolute atomic E-state index is 0.0144. The number of hydrogen-bond acceptors (Lipinski definition) is 3. The predicted octanol–water partition coefficient (Wildman–Crippen LogP) is 4.27. The molecule has 3 heteroatoms. The van der Waals surface area contributed by atoms with Gasteiger partial charge in [0.15, 0.2) is 0 Å². The SMILES string of the molecule is CC(C)(C)c1ccc(/C=C/c2cc(O)cc(O)c2)cc1O. The molecule has 0 bridgehead atoms. The lowest BCUT2D eigenvalue weighted by atomic mass is 9.86. The zero-order chi connectivity index (χ0) is 15.6. The van der Waals surface area contributed by atoms with Gasteiger partial charge in [-0.15, -0.1) is 0 Å². The smallest absolute Gasteiger partial charge is 0.119 e. The van der Waals surface area contributed by atoms with Gasteiger partial charge in [-0.05, 0) is 40.3 Å². The Morgan fingerprint density at radius 2 is 1.33 bits per heavy atom. The second-order valence-electron chi connectivity index (χ2n) is 6.14. The molecule has 21 heavy (non-hydrogen) atoms. The molecule has 110 valence electrons. The molecule has 3 nitrogen and oxygen atoms in total. The van der Waals surface area contributed by atoms with Crippen LogP contribution in [0.15, 0.2) is 36.4 Å². The fraction of sp³-hybridized carbons (Fsp3) is 0.222. The van der Waals surface area contributed by atoms with Crippen LogP contribution in [0.3, 0.4) is 0 Å². The van der Waals surface area contributed by atoms with Crippen LogP contribution in [-0.4, -0.2) is 15.3 Å². The highest BCUT2D eigenvalue weighted by Crippen LogP contribution is 2.31. The Balaban J connectivity index is 2.28. The molecule has 0 atom stereocenters. The summed E-state index contributed by atoms with van der Waals surface area (Å²) >= 11 is 0. The summed E-state index contributed by atoms with van der Waals surface area (Å²) in [6.45, 7) is 6.15. The standard InChI is InChI=1S/C18H20O3/c1-18(2,3)16-7-6-12(10-17(16)21)4-5-13-8-14(19)11-15(20)9-13/h4-11,19-21H,1-3H3/b5-4+. The Kier molecular flexibility index (Phi) is 3.94. The largest absolute Gasteiger partial charge is 0.508 e. The summed E-state index contributed by atoms with van der Waals surface area (Å²) in [5.74, 6) is 0.296. The first kappa shape index (κ1) is 15.0. The summed E-state index contributed by atoms with van der Waals surface area (Å²) in [6.07, 6.45) is 3.59. The first-order valence-corrected chi connectivity index (χ1v) is 6.80. The molecule has 0 fully saturated rings. The minimum Gasteiger partial charge on any atom is -0.508 e. The molecule has 0 aliphatic rings. The minimum atomic E-state index is -0.108. The summed E-state index contributed by atoms with van der Waals surface area (Å²) < 4.78 is 0. The average molecular weight is 284 g/mol. The van der Waals surface area contributed by atoms with Gasteiger partial charge in [0, 0.05) is 6.07 Å². The van der Waals surface area contributed by atoms with Crippen LogP contribution in [0.5, 0.6) is 17.2 Å². The molecule has 2 aromatic rings. The molecular weight excluding hydrogens is 264 g/mol. The zero-order valence-corrected chi connectivity index (χ0v) is 12.5. The third-order valence-corrected chi connectivity index (χ3v) is 3.22. The van der Waals surface area contributed by atoms with Crippen LogP contribution in [0.1, 0.15) is 37.5 Å². The van der Waals surface area contributed by atoms with Crippen LogP contribution in [0.4, 0.5) is 0 Å². The average Bonchev–Trinajstić information content (AvgIpc) is 2.33. The van der Waals surface area contributed by atoms with Crippen molar-refractivity contribution >= 4 is 12.2 Å². The number of benzene rings is 2. The van der Waals surface area contributed by atoms with Crippen molar-refractivity contribution in [2.75, 3.05) is 0 Å². The van der Waals surface area contributed by atoms with E-state index in [1.54, 1.807) is 24.3 Å². The van der Waals surface area contributed by atoms with E-state index in [2.05, 4.69) is 0 Å². The van der Waals surface area contributed by atoms with Gasteiger partial charge in [0.05, 0.1) is 0 Å². The van der Waals surface area contributed by atoms with Crippen molar-refractivity contribution < 1.29 is 15.3 Å². The number of phenolic OH excluding ortho intramolecular Hbond substituents is 3. The van der Waals surface area contributed by atoms with Gasteiger partial charge in [-0.3, -0.25) is 0 Å². The lowest BCUT2D eigenvalue weighted by molar-refractivity contribution is 0.446. The van der Waals surface area contributed by atoms with Crippen LogP contribution < -0.4 is 0 Å². The van der Waals surface area contributed by atoms with Crippen LogP contribution in [0.25, 0.3) is 12.2 Å². The van der Waals surface area contributed by atoms with E-state index in [0.29, 0.717) is 5.56 Å². The van der Waals surface area contributed by atoms with Gasteiger partial charge < -0.3 is 15.3 Å². The molecule has 0 spiro atoms. The van der Waals surface area contributed by atoms with Crippen molar-refractivity contribution in [1.82, 2.24) is 0 Å². The van der Waals surface area contributed by atoms with Crippen molar-refractivity contribution in [3.05, 3.63) is 53.1 Å². The molecule has 0 unspecified atom stereocenters. The Labute approximate surface area is 124 Å². The van der Waals surface area contributed by atoms with E-state index in [-0.39, 0.29) is 22.7 Å². The van der Waals surface area contributed by atoms with Gasteiger partial charge in [-0.2, -0.15) is 0 Å². The summed E-state index contributed by atoms with van der Waals surface area (Å²) in [6, 6.07) is 9.94. The van der Waals surface area contributed by atoms with Crippen molar-refractivity contribution in [1.29, 1.82) is 0 Å². The summed E-state index contributed by atoms with van der Waals surface area (Å²) in [5.41, 5.74) is 2.33. The molecule has 2 rings (SSSR count). The quantitative estimate of drug-likeness (QED) is 0.722. The first-order valence-electron chi connectivity index (χ1n) is 6.80. The number of phenols is 3. The van der Waals surface area contributed by atoms with E-state index in [1.165, 1.54) is 6.07 Å². The van der Waals surface area contributed by atoms with Crippen LogP contribution in [-0.2, 0) is 5.41 Å². The van der Waals surface area contributed by atoms with E-state index >= 15 is 0 Å². The number of aromatic hydroxyl groups is 3. The Bertz CT molecular complexity index is 659.